The zero-order valence-corrected chi connectivity index (χ0v) is 17.7. The minimum atomic E-state index is -4.00. The molecule has 1 saturated heterocycles. The van der Waals surface area contributed by atoms with Crippen LogP contribution in [0.1, 0.15) is 13.8 Å². The molecule has 0 spiro atoms. The Balaban J connectivity index is 2.12. The van der Waals surface area contributed by atoms with Crippen LogP contribution in [0.15, 0.2) is 52.3 Å². The van der Waals surface area contributed by atoms with E-state index < -0.39 is 15.7 Å². The maximum Gasteiger partial charge on any atom is 0.223 e. The number of carbonyl (C=O) groups excluding carboxylic acids is 1. The van der Waals surface area contributed by atoms with Crippen molar-refractivity contribution >= 4 is 27.1 Å². The number of sulfone groups is 1. The van der Waals surface area contributed by atoms with Crippen molar-refractivity contribution in [2.45, 2.75) is 23.6 Å². The number of likely N-dealkylation sites (N-methyl/N-ethyl adjacent to an activating group) is 1. The third-order valence-corrected chi connectivity index (χ3v) is 6.99. The van der Waals surface area contributed by atoms with E-state index in [1.807, 2.05) is 0 Å². The number of anilines is 2. The first-order chi connectivity index (χ1) is 13.7. The van der Waals surface area contributed by atoms with Gasteiger partial charge in [-0.15, -0.1) is 0 Å². The number of rotatable bonds is 5. The Morgan fingerprint density at radius 3 is 2.38 bits per heavy atom. The fourth-order valence-electron chi connectivity index (χ4n) is 3.53. The zero-order valence-electron chi connectivity index (χ0n) is 16.9. The molecule has 0 aliphatic carbocycles. The molecule has 1 amide bonds. The predicted molar refractivity (Wildman–Crippen MR) is 112 cm³/mol. The molecule has 0 aromatic heterocycles. The van der Waals surface area contributed by atoms with Gasteiger partial charge in [0, 0.05) is 45.3 Å². The van der Waals surface area contributed by atoms with Gasteiger partial charge in [0.2, 0.25) is 15.7 Å². The Bertz CT molecular complexity index is 1000. The van der Waals surface area contributed by atoms with E-state index in [9.17, 15) is 17.6 Å². The zero-order chi connectivity index (χ0) is 21.2. The van der Waals surface area contributed by atoms with Crippen LogP contribution in [0.5, 0.6) is 0 Å². The lowest BCUT2D eigenvalue weighted by molar-refractivity contribution is -0.116. The monoisotopic (exact) mass is 419 g/mol. The Hall–Kier alpha value is -2.45. The van der Waals surface area contributed by atoms with Gasteiger partial charge >= 0.3 is 0 Å². The van der Waals surface area contributed by atoms with Crippen molar-refractivity contribution in [3.05, 3.63) is 48.3 Å². The number of hydrogen-bond acceptors (Lipinski definition) is 5. The van der Waals surface area contributed by atoms with Gasteiger partial charge in [-0.2, -0.15) is 0 Å². The molecule has 3 rings (SSSR count). The summed E-state index contributed by atoms with van der Waals surface area (Å²) in [7, 11) is -1.94. The number of carbonyl (C=O) groups is 1. The highest BCUT2D eigenvalue weighted by atomic mass is 32.2. The van der Waals surface area contributed by atoms with Gasteiger partial charge in [-0.05, 0) is 50.4 Å². The summed E-state index contributed by atoms with van der Waals surface area (Å²) < 4.78 is 40.2. The molecule has 2 aromatic rings. The van der Waals surface area contributed by atoms with Crippen molar-refractivity contribution in [2.24, 2.45) is 0 Å². The molecule has 1 heterocycles. The number of nitrogens with zero attached hydrogens (tertiary/aromatic N) is 3. The molecule has 0 radical (unpaired) electrons. The van der Waals surface area contributed by atoms with Crippen LogP contribution in [-0.2, 0) is 14.6 Å². The first kappa shape index (κ1) is 21.3. The Morgan fingerprint density at radius 1 is 1.10 bits per heavy atom. The molecule has 0 N–H and O–H groups in total. The first-order valence-electron chi connectivity index (χ1n) is 9.60. The van der Waals surface area contributed by atoms with Crippen molar-refractivity contribution < 1.29 is 17.6 Å². The normalized spacial score (nSPS) is 15.4. The van der Waals surface area contributed by atoms with E-state index in [-0.39, 0.29) is 15.7 Å². The van der Waals surface area contributed by atoms with E-state index in [0.717, 1.165) is 37.9 Å². The average Bonchev–Trinajstić information content (AvgIpc) is 2.68. The van der Waals surface area contributed by atoms with E-state index in [1.54, 1.807) is 19.1 Å². The second-order valence-electron chi connectivity index (χ2n) is 7.17. The van der Waals surface area contributed by atoms with E-state index in [0.29, 0.717) is 12.2 Å². The standard InChI is InChI=1S/C21H26FN3O3S/c1-4-25(16(2)26)20-15-18(24-12-10-23(3)11-13-24)8-9-21(20)29(27,28)19-7-5-6-17(22)14-19/h5-9,14-15H,4,10-13H2,1-3H3. The lowest BCUT2D eigenvalue weighted by Crippen LogP contribution is -2.44. The van der Waals surface area contributed by atoms with Gasteiger partial charge in [0.05, 0.1) is 15.5 Å². The van der Waals surface area contributed by atoms with Crippen LogP contribution in [0.4, 0.5) is 15.8 Å². The van der Waals surface area contributed by atoms with Crippen molar-refractivity contribution in [3.63, 3.8) is 0 Å². The lowest BCUT2D eigenvalue weighted by Gasteiger charge is -2.35. The number of hydrogen-bond donors (Lipinski definition) is 0. The molecule has 2 aromatic carbocycles. The van der Waals surface area contributed by atoms with Crippen molar-refractivity contribution in [3.8, 4) is 0 Å². The van der Waals surface area contributed by atoms with Gasteiger partial charge in [-0.3, -0.25) is 4.79 Å². The molecule has 0 bridgehead atoms. The minimum Gasteiger partial charge on any atom is -0.369 e. The lowest BCUT2D eigenvalue weighted by atomic mass is 10.2. The highest BCUT2D eigenvalue weighted by Crippen LogP contribution is 2.34. The Morgan fingerprint density at radius 2 is 1.79 bits per heavy atom. The molecule has 0 atom stereocenters. The summed E-state index contributed by atoms with van der Waals surface area (Å²) in [5, 5.41) is 0. The molecule has 6 nitrogen and oxygen atoms in total. The third-order valence-electron chi connectivity index (χ3n) is 5.19. The largest absolute Gasteiger partial charge is 0.369 e. The fourth-order valence-corrected chi connectivity index (χ4v) is 5.00. The van der Waals surface area contributed by atoms with Crippen molar-refractivity contribution in [1.82, 2.24) is 4.90 Å². The molecule has 0 unspecified atom stereocenters. The van der Waals surface area contributed by atoms with Crippen LogP contribution in [0.25, 0.3) is 0 Å². The van der Waals surface area contributed by atoms with Gasteiger partial charge in [-0.1, -0.05) is 6.07 Å². The molecule has 1 aliphatic heterocycles. The van der Waals surface area contributed by atoms with E-state index in [2.05, 4.69) is 16.8 Å². The summed E-state index contributed by atoms with van der Waals surface area (Å²) in [6.45, 7) is 6.97. The van der Waals surface area contributed by atoms with Gasteiger partial charge in [-0.25, -0.2) is 12.8 Å². The van der Waals surface area contributed by atoms with E-state index in [4.69, 9.17) is 0 Å². The summed E-state index contributed by atoms with van der Waals surface area (Å²) in [4.78, 5) is 17.9. The van der Waals surface area contributed by atoms with Crippen molar-refractivity contribution in [2.75, 3.05) is 49.6 Å². The van der Waals surface area contributed by atoms with Gasteiger partial charge in [0.25, 0.3) is 0 Å². The topological polar surface area (TPSA) is 60.9 Å². The quantitative estimate of drug-likeness (QED) is 0.746. The van der Waals surface area contributed by atoms with Crippen LogP contribution in [-0.4, -0.2) is 59.0 Å². The maximum atomic E-state index is 13.7. The van der Waals surface area contributed by atoms with Crippen LogP contribution >= 0.6 is 0 Å². The number of benzene rings is 2. The van der Waals surface area contributed by atoms with Crippen LogP contribution in [0, 0.1) is 5.82 Å². The Labute approximate surface area is 171 Å². The fraction of sp³-hybridized carbons (Fsp3) is 0.381. The number of amides is 1. The van der Waals surface area contributed by atoms with Crippen LogP contribution in [0.3, 0.4) is 0 Å². The Kier molecular flexibility index (Phi) is 6.24. The highest BCUT2D eigenvalue weighted by Gasteiger charge is 2.27. The second-order valence-corrected chi connectivity index (χ2v) is 9.08. The number of halogens is 1. The third kappa shape index (κ3) is 4.43. The molecular weight excluding hydrogens is 393 g/mol. The minimum absolute atomic E-state index is 0.00183. The maximum absolute atomic E-state index is 13.7. The molecular formula is C21H26FN3O3S. The highest BCUT2D eigenvalue weighted by molar-refractivity contribution is 7.91. The van der Waals surface area contributed by atoms with E-state index >= 15 is 0 Å². The average molecular weight is 420 g/mol. The van der Waals surface area contributed by atoms with Crippen LogP contribution < -0.4 is 9.80 Å². The van der Waals surface area contributed by atoms with Gasteiger partial charge in [0.15, 0.2) is 0 Å². The summed E-state index contributed by atoms with van der Waals surface area (Å²) in [5.41, 5.74) is 1.19. The first-order valence-corrected chi connectivity index (χ1v) is 11.1. The van der Waals surface area contributed by atoms with Gasteiger partial charge < -0.3 is 14.7 Å². The molecule has 0 saturated carbocycles. The molecule has 29 heavy (non-hydrogen) atoms. The summed E-state index contributed by atoms with van der Waals surface area (Å²) in [6.07, 6.45) is 0. The molecule has 156 valence electrons. The smallest absolute Gasteiger partial charge is 0.223 e. The summed E-state index contributed by atoms with van der Waals surface area (Å²) >= 11 is 0. The summed E-state index contributed by atoms with van der Waals surface area (Å²) in [5.74, 6) is -0.876. The summed E-state index contributed by atoms with van der Waals surface area (Å²) in [6, 6.07) is 9.96. The molecule has 8 heteroatoms. The van der Waals surface area contributed by atoms with Crippen LogP contribution in [0.2, 0.25) is 0 Å². The van der Waals surface area contributed by atoms with Crippen molar-refractivity contribution in [1.29, 1.82) is 0 Å². The molecule has 1 fully saturated rings. The van der Waals surface area contributed by atoms with E-state index in [1.165, 1.54) is 36.1 Å². The predicted octanol–water partition coefficient (Wildman–Crippen LogP) is 2.78. The number of piperazine rings is 1. The molecule has 1 aliphatic rings. The van der Waals surface area contributed by atoms with Gasteiger partial charge in [0.1, 0.15) is 5.82 Å². The SMILES string of the molecule is CCN(C(C)=O)c1cc(N2CCN(C)CC2)ccc1S(=O)(=O)c1cccc(F)c1. The second kappa shape index (κ2) is 8.51.